The largest absolute Gasteiger partial charge is 0.497 e. The third kappa shape index (κ3) is 5.77. The zero-order valence-electron chi connectivity index (χ0n) is 22.1. The number of hydrogen-bond acceptors (Lipinski definition) is 5. The minimum absolute atomic E-state index is 0.0255. The van der Waals surface area contributed by atoms with Crippen LogP contribution in [0.5, 0.6) is 5.75 Å². The normalized spacial score (nSPS) is 15.5. The van der Waals surface area contributed by atoms with Crippen LogP contribution in [0.25, 0.3) is 11.0 Å². The number of rotatable bonds is 8. The van der Waals surface area contributed by atoms with Crippen molar-refractivity contribution in [2.24, 2.45) is 0 Å². The van der Waals surface area contributed by atoms with Crippen LogP contribution in [0.15, 0.2) is 72.8 Å². The van der Waals surface area contributed by atoms with E-state index in [2.05, 4.69) is 15.5 Å². The van der Waals surface area contributed by atoms with Gasteiger partial charge in [0, 0.05) is 11.7 Å². The quantitative estimate of drug-likeness (QED) is 0.332. The molecular weight excluding hydrogens is 497 g/mol. The summed E-state index contributed by atoms with van der Waals surface area (Å²) in [7, 11) is 1.56. The molecule has 2 atom stereocenters. The van der Waals surface area contributed by atoms with E-state index < -0.39 is 17.9 Å². The second-order valence-electron chi connectivity index (χ2n) is 9.89. The van der Waals surface area contributed by atoms with Gasteiger partial charge in [-0.3, -0.25) is 14.5 Å². The zero-order valence-corrected chi connectivity index (χ0v) is 22.1. The Kier molecular flexibility index (Phi) is 7.86. The average molecular weight is 530 g/mol. The first kappa shape index (κ1) is 26.3. The lowest BCUT2D eigenvalue weighted by molar-refractivity contribution is -0.128. The lowest BCUT2D eigenvalue weighted by Gasteiger charge is -2.34. The Balaban J connectivity index is 1.58. The standard InChI is InChI=1S/C30H32FN5O3/c1-20(36-33-26-10-6-7-11-27(26)34-36)30(38)35(24-16-18-25(39-2)19-17-24)28(21-12-14-22(31)15-13-21)29(37)32-23-8-4-3-5-9-23/h6-7,10-20,23,28H,3-5,8-9H2,1-2H3,(H,32,37)/t20-,28+/m1/s1. The number of hydrogen-bond donors (Lipinski definition) is 1. The fourth-order valence-corrected chi connectivity index (χ4v) is 5.09. The van der Waals surface area contributed by atoms with Crippen LogP contribution in [-0.2, 0) is 9.59 Å². The third-order valence-electron chi connectivity index (χ3n) is 7.24. The summed E-state index contributed by atoms with van der Waals surface area (Å²) in [5.41, 5.74) is 2.33. The van der Waals surface area contributed by atoms with Crippen molar-refractivity contribution in [2.45, 2.75) is 57.2 Å². The maximum Gasteiger partial charge on any atom is 0.254 e. The summed E-state index contributed by atoms with van der Waals surface area (Å²) in [5, 5.41) is 12.2. The summed E-state index contributed by atoms with van der Waals surface area (Å²) < 4.78 is 19.2. The monoisotopic (exact) mass is 529 g/mol. The summed E-state index contributed by atoms with van der Waals surface area (Å²) in [6.07, 6.45) is 5.01. The van der Waals surface area contributed by atoms with E-state index in [9.17, 15) is 14.0 Å². The molecule has 1 N–H and O–H groups in total. The van der Waals surface area contributed by atoms with Gasteiger partial charge >= 0.3 is 0 Å². The van der Waals surface area contributed by atoms with Crippen LogP contribution in [0.2, 0.25) is 0 Å². The maximum absolute atomic E-state index is 14.3. The van der Waals surface area contributed by atoms with E-state index in [0.717, 1.165) is 32.1 Å². The molecule has 0 spiro atoms. The van der Waals surface area contributed by atoms with Crippen molar-refractivity contribution in [3.63, 3.8) is 0 Å². The van der Waals surface area contributed by atoms with Crippen molar-refractivity contribution in [1.82, 2.24) is 20.3 Å². The van der Waals surface area contributed by atoms with Gasteiger partial charge in [-0.1, -0.05) is 43.5 Å². The number of ether oxygens (including phenoxy) is 1. The highest BCUT2D eigenvalue weighted by Gasteiger charge is 2.37. The predicted molar refractivity (Wildman–Crippen MR) is 147 cm³/mol. The molecule has 1 aliphatic rings. The van der Waals surface area contributed by atoms with Crippen LogP contribution in [-0.4, -0.2) is 40.0 Å². The van der Waals surface area contributed by atoms with E-state index >= 15 is 0 Å². The molecule has 9 heteroatoms. The van der Waals surface area contributed by atoms with Crippen molar-refractivity contribution < 1.29 is 18.7 Å². The molecule has 1 aromatic heterocycles. The molecule has 0 unspecified atom stereocenters. The Bertz CT molecular complexity index is 1400. The molecule has 1 heterocycles. The van der Waals surface area contributed by atoms with Crippen molar-refractivity contribution in [3.05, 3.63) is 84.2 Å². The second-order valence-corrected chi connectivity index (χ2v) is 9.89. The number of methoxy groups -OCH3 is 1. The van der Waals surface area contributed by atoms with Gasteiger partial charge in [-0.05, 0) is 73.9 Å². The third-order valence-corrected chi connectivity index (χ3v) is 7.24. The summed E-state index contributed by atoms with van der Waals surface area (Å²) in [6, 6.07) is 18.2. The zero-order chi connectivity index (χ0) is 27.4. The van der Waals surface area contributed by atoms with Gasteiger partial charge < -0.3 is 10.1 Å². The van der Waals surface area contributed by atoms with E-state index in [1.54, 1.807) is 50.4 Å². The number of carbonyl (C=O) groups excluding carboxylic acids is 2. The predicted octanol–water partition coefficient (Wildman–Crippen LogP) is 5.36. The van der Waals surface area contributed by atoms with Crippen LogP contribution < -0.4 is 15.0 Å². The minimum atomic E-state index is -1.04. The average Bonchev–Trinajstić information content (AvgIpc) is 3.41. The highest BCUT2D eigenvalue weighted by molar-refractivity contribution is 6.03. The Hall–Kier alpha value is -4.27. The number of aromatic nitrogens is 3. The van der Waals surface area contributed by atoms with Gasteiger partial charge in [-0.2, -0.15) is 15.0 Å². The molecule has 3 aromatic carbocycles. The van der Waals surface area contributed by atoms with E-state index in [4.69, 9.17) is 4.74 Å². The van der Waals surface area contributed by atoms with Crippen LogP contribution in [0, 0.1) is 5.82 Å². The first-order chi connectivity index (χ1) is 18.9. The molecule has 39 heavy (non-hydrogen) atoms. The topological polar surface area (TPSA) is 89.3 Å². The Morgan fingerprint density at radius 3 is 2.15 bits per heavy atom. The minimum Gasteiger partial charge on any atom is -0.497 e. The van der Waals surface area contributed by atoms with Crippen molar-refractivity contribution in [1.29, 1.82) is 0 Å². The van der Waals surface area contributed by atoms with Gasteiger partial charge in [-0.15, -0.1) is 0 Å². The van der Waals surface area contributed by atoms with E-state index in [-0.39, 0.29) is 17.9 Å². The lowest BCUT2D eigenvalue weighted by atomic mass is 9.94. The molecule has 8 nitrogen and oxygen atoms in total. The highest BCUT2D eigenvalue weighted by atomic mass is 19.1. The first-order valence-corrected chi connectivity index (χ1v) is 13.3. The molecule has 4 aromatic rings. The number of benzene rings is 3. The first-order valence-electron chi connectivity index (χ1n) is 13.3. The number of halogens is 1. The Morgan fingerprint density at radius 2 is 1.56 bits per heavy atom. The molecule has 5 rings (SSSR count). The van der Waals surface area contributed by atoms with Gasteiger partial charge in [0.15, 0.2) is 0 Å². The molecular formula is C30H32FN5O3. The molecule has 0 saturated heterocycles. The number of amides is 2. The molecule has 1 aliphatic carbocycles. The SMILES string of the molecule is COc1ccc(N(C(=O)[C@@H](C)n2nc3ccccc3n2)[C@H](C(=O)NC2CCCCC2)c2ccc(F)cc2)cc1. The van der Waals surface area contributed by atoms with Crippen LogP contribution in [0.1, 0.15) is 56.7 Å². The summed E-state index contributed by atoms with van der Waals surface area (Å²) in [6.45, 7) is 1.71. The Labute approximate surface area is 226 Å². The lowest BCUT2D eigenvalue weighted by Crippen LogP contribution is -2.49. The van der Waals surface area contributed by atoms with Gasteiger partial charge in [0.05, 0.1) is 7.11 Å². The fraction of sp³-hybridized carbons (Fsp3) is 0.333. The summed E-state index contributed by atoms with van der Waals surface area (Å²) >= 11 is 0. The Morgan fingerprint density at radius 1 is 0.949 bits per heavy atom. The van der Waals surface area contributed by atoms with Crippen molar-refractivity contribution in [2.75, 3.05) is 12.0 Å². The number of nitrogens with zero attached hydrogens (tertiary/aromatic N) is 4. The fourth-order valence-electron chi connectivity index (χ4n) is 5.09. The van der Waals surface area contributed by atoms with Gasteiger partial charge in [0.2, 0.25) is 5.91 Å². The molecule has 1 fully saturated rings. The van der Waals surface area contributed by atoms with Crippen LogP contribution in [0.4, 0.5) is 10.1 Å². The van der Waals surface area contributed by atoms with E-state index in [0.29, 0.717) is 28.0 Å². The maximum atomic E-state index is 14.3. The molecule has 0 aliphatic heterocycles. The van der Waals surface area contributed by atoms with Crippen LogP contribution in [0.3, 0.4) is 0 Å². The highest BCUT2D eigenvalue weighted by Crippen LogP contribution is 2.32. The van der Waals surface area contributed by atoms with Crippen molar-refractivity contribution in [3.8, 4) is 5.75 Å². The van der Waals surface area contributed by atoms with Crippen molar-refractivity contribution >= 4 is 28.5 Å². The second kappa shape index (κ2) is 11.6. The number of anilines is 1. The molecule has 2 amide bonds. The summed E-state index contributed by atoms with van der Waals surface area (Å²) in [4.78, 5) is 31.1. The molecule has 1 saturated carbocycles. The number of carbonyl (C=O) groups is 2. The smallest absolute Gasteiger partial charge is 0.254 e. The molecule has 0 radical (unpaired) electrons. The van der Waals surface area contributed by atoms with Gasteiger partial charge in [0.1, 0.15) is 34.7 Å². The van der Waals surface area contributed by atoms with Crippen LogP contribution >= 0.6 is 0 Å². The summed E-state index contributed by atoms with van der Waals surface area (Å²) in [5.74, 6) is -0.505. The molecule has 202 valence electrons. The van der Waals surface area contributed by atoms with Gasteiger partial charge in [0.25, 0.3) is 5.91 Å². The van der Waals surface area contributed by atoms with E-state index in [1.165, 1.54) is 21.8 Å². The molecule has 0 bridgehead atoms. The number of fused-ring (bicyclic) bond motifs is 1. The number of nitrogens with one attached hydrogen (secondary N) is 1. The van der Waals surface area contributed by atoms with Gasteiger partial charge in [-0.25, -0.2) is 4.39 Å². The van der Waals surface area contributed by atoms with E-state index in [1.807, 2.05) is 24.3 Å².